The quantitative estimate of drug-likeness (QED) is 0.633. The summed E-state index contributed by atoms with van der Waals surface area (Å²) >= 11 is 1.78. The van der Waals surface area contributed by atoms with Crippen molar-refractivity contribution < 1.29 is 9.53 Å². The highest BCUT2D eigenvalue weighted by atomic mass is 32.2. The first kappa shape index (κ1) is 18.2. The van der Waals surface area contributed by atoms with Crippen LogP contribution in [-0.4, -0.2) is 29.3 Å². The fraction of sp³-hybridized carbons (Fsp3) is 0.348. The number of piperidine rings is 1. The van der Waals surface area contributed by atoms with Crippen LogP contribution in [-0.2, 0) is 11.3 Å². The SMILES string of the molecule is CSc1ccccc1C1=CC2CCCC(C1)N2C(=O)OCc1ccccc1. The summed E-state index contributed by atoms with van der Waals surface area (Å²) in [6, 6.07) is 18.8. The molecule has 3 nitrogen and oxygen atoms in total. The van der Waals surface area contributed by atoms with E-state index in [0.717, 1.165) is 24.8 Å². The zero-order valence-electron chi connectivity index (χ0n) is 15.6. The highest BCUT2D eigenvalue weighted by molar-refractivity contribution is 7.98. The first-order valence-corrected chi connectivity index (χ1v) is 10.8. The Labute approximate surface area is 165 Å². The number of ether oxygens (including phenoxy) is 1. The molecule has 1 amide bonds. The summed E-state index contributed by atoms with van der Waals surface area (Å²) in [5.74, 6) is 0. The Hall–Kier alpha value is -2.20. The summed E-state index contributed by atoms with van der Waals surface area (Å²) in [4.78, 5) is 16.1. The van der Waals surface area contributed by atoms with Crippen LogP contribution in [0.1, 0.15) is 36.8 Å². The van der Waals surface area contributed by atoms with E-state index >= 15 is 0 Å². The van der Waals surface area contributed by atoms with Crippen LogP contribution in [0.2, 0.25) is 0 Å². The lowest BCUT2D eigenvalue weighted by molar-refractivity contribution is 0.0510. The van der Waals surface area contributed by atoms with Gasteiger partial charge in [0.25, 0.3) is 0 Å². The van der Waals surface area contributed by atoms with Crippen LogP contribution in [0.4, 0.5) is 4.79 Å². The van der Waals surface area contributed by atoms with E-state index in [2.05, 4.69) is 36.6 Å². The van der Waals surface area contributed by atoms with Crippen molar-refractivity contribution in [2.24, 2.45) is 0 Å². The van der Waals surface area contributed by atoms with Gasteiger partial charge in [-0.1, -0.05) is 54.6 Å². The van der Waals surface area contributed by atoms with Crippen LogP contribution >= 0.6 is 11.8 Å². The highest BCUT2D eigenvalue weighted by Crippen LogP contribution is 2.39. The standard InChI is InChI=1S/C23H25NO2S/c1-27-22-13-6-5-12-21(22)18-14-19-10-7-11-20(15-18)24(19)23(25)26-16-17-8-3-2-4-9-17/h2-6,8-9,12-14,19-20H,7,10-11,15-16H2,1H3. The van der Waals surface area contributed by atoms with Gasteiger partial charge in [-0.3, -0.25) is 4.90 Å². The molecule has 4 heteroatoms. The van der Waals surface area contributed by atoms with Gasteiger partial charge in [0.05, 0.1) is 6.04 Å². The van der Waals surface area contributed by atoms with Crippen molar-refractivity contribution in [1.29, 1.82) is 0 Å². The van der Waals surface area contributed by atoms with Crippen LogP contribution in [0, 0.1) is 0 Å². The number of carbonyl (C=O) groups excluding carboxylic acids is 1. The average Bonchev–Trinajstić information content (AvgIpc) is 2.71. The van der Waals surface area contributed by atoms with E-state index in [1.165, 1.54) is 22.5 Å². The Balaban J connectivity index is 1.52. The molecule has 2 aromatic rings. The van der Waals surface area contributed by atoms with Crippen LogP contribution in [0.3, 0.4) is 0 Å². The van der Waals surface area contributed by atoms with Gasteiger partial charge >= 0.3 is 6.09 Å². The number of hydrogen-bond donors (Lipinski definition) is 0. The van der Waals surface area contributed by atoms with Crippen molar-refractivity contribution in [3.63, 3.8) is 0 Å². The summed E-state index contributed by atoms with van der Waals surface area (Å²) in [6.45, 7) is 0.335. The van der Waals surface area contributed by atoms with Crippen LogP contribution in [0.5, 0.6) is 0 Å². The number of carbonyl (C=O) groups is 1. The lowest BCUT2D eigenvalue weighted by atomic mass is 9.83. The molecule has 4 rings (SSSR count). The average molecular weight is 380 g/mol. The van der Waals surface area contributed by atoms with Crippen molar-refractivity contribution in [2.75, 3.05) is 6.26 Å². The Kier molecular flexibility index (Phi) is 5.53. The maximum atomic E-state index is 12.8. The Morgan fingerprint density at radius 2 is 1.89 bits per heavy atom. The van der Waals surface area contributed by atoms with Gasteiger partial charge in [0.2, 0.25) is 0 Å². The van der Waals surface area contributed by atoms with Gasteiger partial charge in [-0.25, -0.2) is 4.79 Å². The van der Waals surface area contributed by atoms with Crippen LogP contribution in [0.25, 0.3) is 5.57 Å². The molecule has 2 bridgehead atoms. The second kappa shape index (κ2) is 8.22. The molecule has 27 heavy (non-hydrogen) atoms. The van der Waals surface area contributed by atoms with Crippen molar-refractivity contribution in [1.82, 2.24) is 4.90 Å². The van der Waals surface area contributed by atoms with Gasteiger partial charge in [-0.05, 0) is 54.7 Å². The summed E-state index contributed by atoms with van der Waals surface area (Å²) in [5.41, 5.74) is 3.72. The molecule has 2 aliphatic rings. The molecule has 0 N–H and O–H groups in total. The molecule has 2 unspecified atom stereocenters. The number of fused-ring (bicyclic) bond motifs is 2. The molecule has 0 aliphatic carbocycles. The van der Waals surface area contributed by atoms with E-state index in [1.54, 1.807) is 11.8 Å². The third-order valence-corrected chi connectivity index (χ3v) is 6.30. The van der Waals surface area contributed by atoms with E-state index in [9.17, 15) is 4.79 Å². The second-order valence-electron chi connectivity index (χ2n) is 7.20. The smallest absolute Gasteiger partial charge is 0.410 e. The van der Waals surface area contributed by atoms with Crippen LogP contribution < -0.4 is 0 Å². The van der Waals surface area contributed by atoms with Gasteiger partial charge < -0.3 is 4.74 Å². The van der Waals surface area contributed by atoms with Gasteiger partial charge in [-0.2, -0.15) is 0 Å². The third kappa shape index (κ3) is 3.91. The maximum absolute atomic E-state index is 12.8. The molecule has 0 aromatic heterocycles. The van der Waals surface area contributed by atoms with E-state index in [-0.39, 0.29) is 18.2 Å². The number of hydrogen-bond acceptors (Lipinski definition) is 3. The lowest BCUT2D eigenvalue weighted by Gasteiger charge is -2.44. The molecule has 0 spiro atoms. The lowest BCUT2D eigenvalue weighted by Crippen LogP contribution is -2.51. The minimum absolute atomic E-state index is 0.144. The second-order valence-corrected chi connectivity index (χ2v) is 8.04. The normalized spacial score (nSPS) is 21.5. The highest BCUT2D eigenvalue weighted by Gasteiger charge is 2.38. The molecule has 140 valence electrons. The van der Waals surface area contributed by atoms with Crippen LogP contribution in [0.15, 0.2) is 65.6 Å². The van der Waals surface area contributed by atoms with E-state index < -0.39 is 0 Å². The number of thioether (sulfide) groups is 1. The molecular formula is C23H25NO2S. The van der Waals surface area contributed by atoms with E-state index in [0.29, 0.717) is 6.61 Å². The fourth-order valence-electron chi connectivity index (χ4n) is 4.22. The van der Waals surface area contributed by atoms with Gasteiger partial charge in [0.1, 0.15) is 6.61 Å². The Bertz CT molecular complexity index is 833. The largest absolute Gasteiger partial charge is 0.445 e. The zero-order valence-corrected chi connectivity index (χ0v) is 16.5. The summed E-state index contributed by atoms with van der Waals surface area (Å²) in [7, 11) is 0. The van der Waals surface area contributed by atoms with E-state index in [1.807, 2.05) is 35.2 Å². The Morgan fingerprint density at radius 1 is 1.11 bits per heavy atom. The molecule has 1 fully saturated rings. The van der Waals surface area contributed by atoms with Crippen molar-refractivity contribution in [3.8, 4) is 0 Å². The summed E-state index contributed by atoms with van der Waals surface area (Å²) in [6.07, 6.45) is 8.39. The first-order valence-electron chi connectivity index (χ1n) is 9.59. The molecule has 2 aliphatic heterocycles. The summed E-state index contributed by atoms with van der Waals surface area (Å²) in [5, 5.41) is 0. The van der Waals surface area contributed by atoms with Crippen molar-refractivity contribution >= 4 is 23.4 Å². The molecule has 0 radical (unpaired) electrons. The number of rotatable bonds is 4. The molecule has 1 saturated heterocycles. The third-order valence-electron chi connectivity index (χ3n) is 5.51. The monoisotopic (exact) mass is 379 g/mol. The first-order chi connectivity index (χ1) is 13.3. The topological polar surface area (TPSA) is 29.5 Å². The molecule has 0 saturated carbocycles. The van der Waals surface area contributed by atoms with Gasteiger partial charge in [0.15, 0.2) is 0 Å². The number of benzene rings is 2. The predicted molar refractivity (Wildman–Crippen MR) is 111 cm³/mol. The zero-order chi connectivity index (χ0) is 18.6. The molecular weight excluding hydrogens is 354 g/mol. The van der Waals surface area contributed by atoms with Crippen molar-refractivity contribution in [2.45, 2.75) is 49.3 Å². The van der Waals surface area contributed by atoms with Crippen molar-refractivity contribution in [3.05, 3.63) is 71.8 Å². The minimum Gasteiger partial charge on any atom is -0.445 e. The molecule has 2 heterocycles. The minimum atomic E-state index is -0.179. The number of amides is 1. The van der Waals surface area contributed by atoms with Gasteiger partial charge in [-0.15, -0.1) is 11.8 Å². The molecule has 2 atom stereocenters. The summed E-state index contributed by atoms with van der Waals surface area (Å²) < 4.78 is 5.64. The number of nitrogens with zero attached hydrogens (tertiary/aromatic N) is 1. The van der Waals surface area contributed by atoms with Gasteiger partial charge in [0, 0.05) is 10.9 Å². The fourth-order valence-corrected chi connectivity index (χ4v) is 4.85. The molecule has 2 aromatic carbocycles. The van der Waals surface area contributed by atoms with E-state index in [4.69, 9.17) is 4.74 Å². The maximum Gasteiger partial charge on any atom is 0.410 e. The predicted octanol–water partition coefficient (Wildman–Crippen LogP) is 5.76. The Morgan fingerprint density at radius 3 is 2.67 bits per heavy atom.